The molecular weight excluding hydrogens is 382 g/mol. The van der Waals surface area contributed by atoms with Crippen LogP contribution in [0.2, 0.25) is 0 Å². The number of nitrogens with zero attached hydrogens (tertiary/aromatic N) is 1. The second-order valence-corrected chi connectivity index (χ2v) is 9.38. The third-order valence-electron chi connectivity index (χ3n) is 6.28. The zero-order valence-electron chi connectivity index (χ0n) is 20.1. The minimum atomic E-state index is 0.644. The zero-order chi connectivity index (χ0) is 22.1. The quantitative estimate of drug-likeness (QED) is 0.443. The van der Waals surface area contributed by atoms with Crippen molar-refractivity contribution < 1.29 is 9.47 Å². The van der Waals surface area contributed by atoms with Gasteiger partial charge in [-0.1, -0.05) is 44.2 Å². The van der Waals surface area contributed by atoms with Crippen LogP contribution in [-0.2, 0) is 0 Å². The Labute approximate surface area is 189 Å². The first-order valence-corrected chi connectivity index (χ1v) is 12.2. The van der Waals surface area contributed by atoms with Gasteiger partial charge < -0.3 is 9.47 Å². The monoisotopic (exact) mass is 423 g/mol. The Kier molecular flexibility index (Phi) is 9.27. The predicted molar refractivity (Wildman–Crippen MR) is 131 cm³/mol. The molecule has 1 aliphatic rings. The number of benzene rings is 2. The third kappa shape index (κ3) is 8.22. The molecule has 0 bridgehead atoms. The molecule has 31 heavy (non-hydrogen) atoms. The average Bonchev–Trinajstić information content (AvgIpc) is 2.65. The van der Waals surface area contributed by atoms with E-state index in [9.17, 15) is 0 Å². The Hall–Kier alpha value is -2.00. The fraction of sp³-hybridized carbons (Fsp3) is 0.571. The van der Waals surface area contributed by atoms with E-state index in [0.29, 0.717) is 6.04 Å². The van der Waals surface area contributed by atoms with Crippen LogP contribution in [0.1, 0.15) is 67.2 Å². The number of hydrogen-bond acceptors (Lipinski definition) is 3. The van der Waals surface area contributed by atoms with Crippen molar-refractivity contribution in [3.63, 3.8) is 0 Å². The van der Waals surface area contributed by atoms with E-state index in [1.165, 1.54) is 67.2 Å². The molecular formula is C28H41NO2. The maximum absolute atomic E-state index is 6.16. The van der Waals surface area contributed by atoms with Crippen LogP contribution in [-0.4, -0.2) is 37.2 Å². The molecule has 3 nitrogen and oxygen atoms in total. The number of aryl methyl sites for hydroxylation is 4. The Bertz CT molecular complexity index is 711. The van der Waals surface area contributed by atoms with Gasteiger partial charge in [-0.25, -0.2) is 0 Å². The largest absolute Gasteiger partial charge is 0.492 e. The van der Waals surface area contributed by atoms with Gasteiger partial charge in [-0.05, 0) is 87.1 Å². The molecule has 3 heteroatoms. The highest BCUT2D eigenvalue weighted by Gasteiger charge is 2.19. The van der Waals surface area contributed by atoms with Crippen LogP contribution in [0, 0.1) is 27.7 Å². The van der Waals surface area contributed by atoms with Gasteiger partial charge in [0.15, 0.2) is 0 Å². The highest BCUT2D eigenvalue weighted by molar-refractivity contribution is 5.33. The summed E-state index contributed by atoms with van der Waals surface area (Å²) in [6.07, 6.45) is 9.44. The number of ether oxygens (including phenoxy) is 2. The van der Waals surface area contributed by atoms with Gasteiger partial charge in [0, 0.05) is 19.1 Å². The SMILES string of the molecule is Cc1cc(C)cc(OCCN(CCOc2cc(C)cc(C)c2)C2CCCCCCC2)c1. The highest BCUT2D eigenvalue weighted by Crippen LogP contribution is 2.22. The minimum Gasteiger partial charge on any atom is -0.492 e. The topological polar surface area (TPSA) is 21.7 Å². The summed E-state index contributed by atoms with van der Waals surface area (Å²) in [5.41, 5.74) is 5.03. The molecule has 0 N–H and O–H groups in total. The van der Waals surface area contributed by atoms with Crippen molar-refractivity contribution >= 4 is 0 Å². The van der Waals surface area contributed by atoms with Crippen LogP contribution in [0.15, 0.2) is 36.4 Å². The van der Waals surface area contributed by atoms with E-state index >= 15 is 0 Å². The lowest BCUT2D eigenvalue weighted by molar-refractivity contribution is 0.117. The molecule has 0 atom stereocenters. The molecule has 1 fully saturated rings. The highest BCUT2D eigenvalue weighted by atomic mass is 16.5. The minimum absolute atomic E-state index is 0.644. The second-order valence-electron chi connectivity index (χ2n) is 9.38. The number of hydrogen-bond donors (Lipinski definition) is 0. The molecule has 170 valence electrons. The lowest BCUT2D eigenvalue weighted by atomic mass is 9.95. The van der Waals surface area contributed by atoms with Gasteiger partial charge in [0.1, 0.15) is 24.7 Å². The van der Waals surface area contributed by atoms with Gasteiger partial charge in [0.25, 0.3) is 0 Å². The van der Waals surface area contributed by atoms with Crippen LogP contribution >= 0.6 is 0 Å². The van der Waals surface area contributed by atoms with Gasteiger partial charge in [0.2, 0.25) is 0 Å². The molecule has 1 aliphatic carbocycles. The molecule has 3 rings (SSSR count). The van der Waals surface area contributed by atoms with Gasteiger partial charge in [-0.2, -0.15) is 0 Å². The first-order valence-electron chi connectivity index (χ1n) is 12.2. The molecule has 0 unspecified atom stereocenters. The predicted octanol–water partition coefficient (Wildman–Crippen LogP) is 6.79. The zero-order valence-corrected chi connectivity index (χ0v) is 20.1. The molecule has 0 heterocycles. The van der Waals surface area contributed by atoms with Crippen LogP contribution in [0.5, 0.6) is 11.5 Å². The van der Waals surface area contributed by atoms with E-state index in [-0.39, 0.29) is 0 Å². The van der Waals surface area contributed by atoms with Crippen molar-refractivity contribution in [3.8, 4) is 11.5 Å². The normalized spacial score (nSPS) is 15.5. The van der Waals surface area contributed by atoms with Gasteiger partial charge in [-0.15, -0.1) is 0 Å². The average molecular weight is 424 g/mol. The summed E-state index contributed by atoms with van der Waals surface area (Å²) in [4.78, 5) is 2.62. The van der Waals surface area contributed by atoms with Crippen molar-refractivity contribution in [3.05, 3.63) is 58.7 Å². The molecule has 1 saturated carbocycles. The van der Waals surface area contributed by atoms with Crippen molar-refractivity contribution in [2.75, 3.05) is 26.3 Å². The van der Waals surface area contributed by atoms with Crippen molar-refractivity contribution in [1.29, 1.82) is 0 Å². The van der Waals surface area contributed by atoms with Crippen molar-refractivity contribution in [2.24, 2.45) is 0 Å². The smallest absolute Gasteiger partial charge is 0.119 e. The Morgan fingerprint density at radius 2 is 1.00 bits per heavy atom. The van der Waals surface area contributed by atoms with Crippen LogP contribution in [0.4, 0.5) is 0 Å². The van der Waals surface area contributed by atoms with Gasteiger partial charge in [-0.3, -0.25) is 4.90 Å². The van der Waals surface area contributed by atoms with E-state index in [1.807, 2.05) is 0 Å². The summed E-state index contributed by atoms with van der Waals surface area (Å²) in [5.74, 6) is 1.98. The van der Waals surface area contributed by atoms with E-state index in [0.717, 1.165) is 37.8 Å². The van der Waals surface area contributed by atoms with E-state index in [1.54, 1.807) is 0 Å². The van der Waals surface area contributed by atoms with Crippen LogP contribution in [0.25, 0.3) is 0 Å². The lowest BCUT2D eigenvalue weighted by Crippen LogP contribution is -2.41. The van der Waals surface area contributed by atoms with E-state index in [4.69, 9.17) is 9.47 Å². The summed E-state index contributed by atoms with van der Waals surface area (Å²) in [6, 6.07) is 13.6. The summed E-state index contributed by atoms with van der Waals surface area (Å²) in [7, 11) is 0. The van der Waals surface area contributed by atoms with Crippen molar-refractivity contribution in [1.82, 2.24) is 4.90 Å². The van der Waals surface area contributed by atoms with Crippen molar-refractivity contribution in [2.45, 2.75) is 78.7 Å². The maximum Gasteiger partial charge on any atom is 0.119 e. The summed E-state index contributed by atoms with van der Waals surface area (Å²) < 4.78 is 12.3. The molecule has 2 aromatic carbocycles. The molecule has 0 radical (unpaired) electrons. The molecule has 0 spiro atoms. The molecule has 2 aromatic rings. The summed E-state index contributed by atoms with van der Waals surface area (Å²) in [6.45, 7) is 11.9. The molecule has 0 aromatic heterocycles. The third-order valence-corrected chi connectivity index (χ3v) is 6.28. The Balaban J connectivity index is 1.58. The maximum atomic E-state index is 6.16. The molecule has 0 aliphatic heterocycles. The van der Waals surface area contributed by atoms with E-state index in [2.05, 4.69) is 69.0 Å². The first-order chi connectivity index (χ1) is 15.0. The van der Waals surface area contributed by atoms with Gasteiger partial charge in [0.05, 0.1) is 0 Å². The Morgan fingerprint density at radius 1 is 0.613 bits per heavy atom. The summed E-state index contributed by atoms with van der Waals surface area (Å²) in [5, 5.41) is 0. The van der Waals surface area contributed by atoms with Gasteiger partial charge >= 0.3 is 0 Å². The summed E-state index contributed by atoms with van der Waals surface area (Å²) >= 11 is 0. The number of rotatable bonds is 9. The molecule has 0 amide bonds. The Morgan fingerprint density at radius 3 is 1.42 bits per heavy atom. The fourth-order valence-corrected chi connectivity index (χ4v) is 4.87. The second kappa shape index (κ2) is 12.1. The molecule has 0 saturated heterocycles. The standard InChI is InChI=1S/C28H41NO2/c1-22-16-23(2)19-27(18-22)30-14-12-29(26-10-8-6-5-7-9-11-26)13-15-31-28-20-24(3)17-25(4)21-28/h16-21,26H,5-15H2,1-4H3. The van der Waals surface area contributed by atoms with Crippen LogP contribution < -0.4 is 9.47 Å². The fourth-order valence-electron chi connectivity index (χ4n) is 4.87. The first kappa shape index (κ1) is 23.7. The van der Waals surface area contributed by atoms with E-state index < -0.39 is 0 Å². The van der Waals surface area contributed by atoms with Crippen LogP contribution in [0.3, 0.4) is 0 Å². The lowest BCUT2D eigenvalue weighted by Gasteiger charge is -2.33.